The summed E-state index contributed by atoms with van der Waals surface area (Å²) in [6.07, 6.45) is 4.91. The van der Waals surface area contributed by atoms with Gasteiger partial charge in [-0.25, -0.2) is 14.4 Å². The molecule has 0 spiro atoms. The van der Waals surface area contributed by atoms with Crippen molar-refractivity contribution in [2.24, 2.45) is 11.3 Å². The van der Waals surface area contributed by atoms with Crippen molar-refractivity contribution in [1.82, 2.24) is 9.97 Å². The fraction of sp³-hybridized carbons (Fsp3) is 0.400. The first-order chi connectivity index (χ1) is 12.3. The molecule has 3 nitrogen and oxygen atoms in total. The van der Waals surface area contributed by atoms with Gasteiger partial charge in [-0.05, 0) is 54.4 Å². The normalized spacial score (nSPS) is 17.3. The van der Waals surface area contributed by atoms with Crippen molar-refractivity contribution in [3.8, 4) is 0 Å². The van der Waals surface area contributed by atoms with Gasteiger partial charge >= 0.3 is 0 Å². The van der Waals surface area contributed by atoms with Gasteiger partial charge in [0, 0.05) is 10.6 Å². The van der Waals surface area contributed by atoms with Gasteiger partial charge in [0.25, 0.3) is 0 Å². The molecular weight excluding hydrogens is 369 g/mol. The number of fused-ring (bicyclic) bond motifs is 3. The van der Waals surface area contributed by atoms with E-state index in [0.717, 1.165) is 34.6 Å². The van der Waals surface area contributed by atoms with Gasteiger partial charge in [0.05, 0.1) is 10.4 Å². The van der Waals surface area contributed by atoms with Gasteiger partial charge in [0.1, 0.15) is 22.8 Å². The Morgan fingerprint density at radius 1 is 1.27 bits per heavy atom. The molecule has 1 N–H and O–H groups in total. The molecule has 4 rings (SSSR count). The molecule has 1 aromatic carbocycles. The van der Waals surface area contributed by atoms with Gasteiger partial charge in [-0.1, -0.05) is 32.4 Å². The van der Waals surface area contributed by atoms with Crippen LogP contribution in [-0.2, 0) is 12.8 Å². The van der Waals surface area contributed by atoms with E-state index in [9.17, 15) is 4.39 Å². The van der Waals surface area contributed by atoms with Gasteiger partial charge in [-0.2, -0.15) is 0 Å². The van der Waals surface area contributed by atoms with Gasteiger partial charge in [0.2, 0.25) is 0 Å². The van der Waals surface area contributed by atoms with E-state index in [2.05, 4.69) is 36.1 Å². The van der Waals surface area contributed by atoms with Gasteiger partial charge < -0.3 is 5.32 Å². The lowest BCUT2D eigenvalue weighted by atomic mass is 9.72. The second-order valence-corrected chi connectivity index (χ2v) is 9.46. The molecule has 1 atom stereocenters. The van der Waals surface area contributed by atoms with Crippen LogP contribution >= 0.6 is 22.9 Å². The molecule has 0 saturated carbocycles. The standard InChI is InChI=1S/C20H21ClFN3S/c1-20(2,3)11-4-6-13-16(8-11)26-19-17(13)18(23-10-24-19)25-12-5-7-15(22)14(21)9-12/h5,7,9-11H,4,6,8H2,1-3H3,(H,23,24,25). The van der Waals surface area contributed by atoms with Crippen LogP contribution in [0.25, 0.3) is 10.2 Å². The topological polar surface area (TPSA) is 37.8 Å². The number of benzene rings is 1. The van der Waals surface area contributed by atoms with Crippen LogP contribution < -0.4 is 5.32 Å². The zero-order chi connectivity index (χ0) is 18.5. The SMILES string of the molecule is CC(C)(C)C1CCc2c(sc3ncnc(Nc4ccc(F)c(Cl)c4)c23)C1. The number of rotatable bonds is 2. The molecule has 1 unspecified atom stereocenters. The minimum Gasteiger partial charge on any atom is -0.340 e. The Morgan fingerprint density at radius 2 is 2.08 bits per heavy atom. The number of aromatic nitrogens is 2. The van der Waals surface area contributed by atoms with E-state index < -0.39 is 5.82 Å². The number of hydrogen-bond acceptors (Lipinski definition) is 4. The summed E-state index contributed by atoms with van der Waals surface area (Å²) in [5.74, 6) is 1.03. The summed E-state index contributed by atoms with van der Waals surface area (Å²) in [4.78, 5) is 11.4. The van der Waals surface area contributed by atoms with Crippen LogP contribution in [0.5, 0.6) is 0 Å². The van der Waals surface area contributed by atoms with E-state index in [1.54, 1.807) is 29.8 Å². The molecule has 2 heterocycles. The minimum absolute atomic E-state index is 0.0978. The highest BCUT2D eigenvalue weighted by Crippen LogP contribution is 2.44. The molecule has 0 radical (unpaired) electrons. The Hall–Kier alpha value is -1.72. The molecule has 136 valence electrons. The highest BCUT2D eigenvalue weighted by Gasteiger charge is 2.31. The Kier molecular flexibility index (Phi) is 4.40. The molecule has 0 amide bonds. The summed E-state index contributed by atoms with van der Waals surface area (Å²) >= 11 is 7.68. The van der Waals surface area contributed by atoms with E-state index >= 15 is 0 Å². The Bertz CT molecular complexity index is 977. The second kappa shape index (κ2) is 6.46. The zero-order valence-electron chi connectivity index (χ0n) is 15.1. The van der Waals surface area contributed by atoms with Crippen LogP contribution in [0.4, 0.5) is 15.9 Å². The quantitative estimate of drug-likeness (QED) is 0.552. The van der Waals surface area contributed by atoms with Crippen molar-refractivity contribution in [2.75, 3.05) is 5.32 Å². The minimum atomic E-state index is -0.425. The Balaban J connectivity index is 1.73. The Labute approximate surface area is 161 Å². The summed E-state index contributed by atoms with van der Waals surface area (Å²) in [5.41, 5.74) is 2.40. The second-order valence-electron chi connectivity index (χ2n) is 7.97. The fourth-order valence-electron chi connectivity index (χ4n) is 3.65. The first-order valence-corrected chi connectivity index (χ1v) is 9.99. The molecule has 1 aliphatic carbocycles. The number of anilines is 2. The number of nitrogens with one attached hydrogen (secondary N) is 1. The lowest BCUT2D eigenvalue weighted by molar-refractivity contribution is 0.218. The number of thiophene rings is 1. The summed E-state index contributed by atoms with van der Waals surface area (Å²) in [5, 5.41) is 4.49. The Morgan fingerprint density at radius 3 is 2.81 bits per heavy atom. The first kappa shape index (κ1) is 17.7. The van der Waals surface area contributed by atoms with Crippen LogP contribution in [0.3, 0.4) is 0 Å². The van der Waals surface area contributed by atoms with Crippen molar-refractivity contribution >= 4 is 44.7 Å². The predicted octanol–water partition coefficient (Wildman–Crippen LogP) is 6.38. The molecule has 2 aromatic heterocycles. The third kappa shape index (κ3) is 3.19. The van der Waals surface area contributed by atoms with Crippen LogP contribution in [0.2, 0.25) is 5.02 Å². The fourth-order valence-corrected chi connectivity index (χ4v) is 5.10. The monoisotopic (exact) mass is 389 g/mol. The number of aryl methyl sites for hydroxylation is 1. The van der Waals surface area contributed by atoms with Crippen molar-refractivity contribution in [2.45, 2.75) is 40.0 Å². The molecule has 3 aromatic rings. The van der Waals surface area contributed by atoms with Crippen LogP contribution in [0.1, 0.15) is 37.6 Å². The molecule has 6 heteroatoms. The molecule has 0 fully saturated rings. The van der Waals surface area contributed by atoms with E-state index in [1.165, 1.54) is 22.9 Å². The van der Waals surface area contributed by atoms with Gasteiger partial charge in [-0.15, -0.1) is 11.3 Å². The van der Waals surface area contributed by atoms with E-state index in [1.807, 2.05) is 0 Å². The summed E-state index contributed by atoms with van der Waals surface area (Å²) in [6.45, 7) is 6.96. The highest BCUT2D eigenvalue weighted by atomic mass is 35.5. The van der Waals surface area contributed by atoms with Crippen molar-refractivity contribution in [3.63, 3.8) is 0 Å². The molecule has 0 saturated heterocycles. The third-order valence-corrected chi connectivity index (χ3v) is 6.70. The average molecular weight is 390 g/mol. The molecule has 0 bridgehead atoms. The predicted molar refractivity (Wildman–Crippen MR) is 107 cm³/mol. The van der Waals surface area contributed by atoms with Crippen LogP contribution in [-0.4, -0.2) is 9.97 Å². The largest absolute Gasteiger partial charge is 0.340 e. The summed E-state index contributed by atoms with van der Waals surface area (Å²) in [6, 6.07) is 4.61. The van der Waals surface area contributed by atoms with Gasteiger partial charge in [0.15, 0.2) is 0 Å². The van der Waals surface area contributed by atoms with Gasteiger partial charge in [-0.3, -0.25) is 0 Å². The molecular formula is C20H21ClFN3S. The maximum atomic E-state index is 13.4. The zero-order valence-corrected chi connectivity index (χ0v) is 16.6. The maximum absolute atomic E-state index is 13.4. The molecule has 1 aliphatic rings. The molecule has 26 heavy (non-hydrogen) atoms. The highest BCUT2D eigenvalue weighted by molar-refractivity contribution is 7.19. The number of nitrogens with zero attached hydrogens (tertiary/aromatic N) is 2. The lowest BCUT2D eigenvalue weighted by Gasteiger charge is -2.33. The first-order valence-electron chi connectivity index (χ1n) is 8.80. The average Bonchev–Trinajstić information content (AvgIpc) is 2.96. The summed E-state index contributed by atoms with van der Waals surface area (Å²) in [7, 11) is 0. The molecule has 0 aliphatic heterocycles. The van der Waals surface area contributed by atoms with Crippen LogP contribution in [0, 0.1) is 17.2 Å². The van der Waals surface area contributed by atoms with Crippen molar-refractivity contribution in [3.05, 3.63) is 45.8 Å². The number of halogens is 2. The van der Waals surface area contributed by atoms with E-state index in [-0.39, 0.29) is 5.02 Å². The lowest BCUT2D eigenvalue weighted by Crippen LogP contribution is -2.26. The third-order valence-electron chi connectivity index (χ3n) is 5.25. The summed E-state index contributed by atoms with van der Waals surface area (Å²) < 4.78 is 13.4. The van der Waals surface area contributed by atoms with Crippen LogP contribution in [0.15, 0.2) is 24.5 Å². The number of hydrogen-bond donors (Lipinski definition) is 1. The van der Waals surface area contributed by atoms with Crippen molar-refractivity contribution in [1.29, 1.82) is 0 Å². The van der Waals surface area contributed by atoms with Crippen molar-refractivity contribution < 1.29 is 4.39 Å². The maximum Gasteiger partial charge on any atom is 0.142 e. The smallest absolute Gasteiger partial charge is 0.142 e. The van der Waals surface area contributed by atoms with E-state index in [0.29, 0.717) is 11.3 Å². The van der Waals surface area contributed by atoms with E-state index in [4.69, 9.17) is 11.6 Å².